The van der Waals surface area contributed by atoms with Crippen molar-refractivity contribution in [3.8, 4) is 0 Å². The molecular formula is C12H18N+. The Morgan fingerprint density at radius 1 is 1.23 bits per heavy atom. The summed E-state index contributed by atoms with van der Waals surface area (Å²) in [5, 5.41) is 0. The number of hydrogen-bond donors (Lipinski definition) is 0. The van der Waals surface area contributed by atoms with E-state index < -0.39 is 0 Å². The van der Waals surface area contributed by atoms with Gasteiger partial charge in [0.05, 0.1) is 21.1 Å². The quantitative estimate of drug-likeness (QED) is 0.621. The first-order valence-corrected chi connectivity index (χ1v) is 4.54. The molecule has 0 aliphatic rings. The Morgan fingerprint density at radius 2 is 1.85 bits per heavy atom. The van der Waals surface area contributed by atoms with Crippen molar-refractivity contribution in [3.63, 3.8) is 0 Å². The maximum Gasteiger partial charge on any atom is 0.104 e. The van der Waals surface area contributed by atoms with E-state index in [2.05, 4.69) is 52.0 Å². The van der Waals surface area contributed by atoms with E-state index in [9.17, 15) is 0 Å². The van der Waals surface area contributed by atoms with E-state index in [1.807, 2.05) is 6.08 Å². The molecule has 0 heterocycles. The van der Waals surface area contributed by atoms with Gasteiger partial charge in [0.1, 0.15) is 6.54 Å². The van der Waals surface area contributed by atoms with Crippen LogP contribution in [0.5, 0.6) is 0 Å². The largest absolute Gasteiger partial charge is 0.327 e. The van der Waals surface area contributed by atoms with Crippen molar-refractivity contribution < 1.29 is 4.48 Å². The molecule has 0 amide bonds. The second-order valence-corrected chi connectivity index (χ2v) is 4.35. The standard InChI is InChI=1S/C12H18N/c1-5-11-8-6-7-9-12(11)10-13(2,3)4/h5-9H,1,10H2,2-4H3/q+1. The Balaban J connectivity index is 2.94. The molecule has 0 aliphatic carbocycles. The summed E-state index contributed by atoms with van der Waals surface area (Å²) in [4.78, 5) is 0. The molecule has 0 bridgehead atoms. The van der Waals surface area contributed by atoms with Crippen LogP contribution in [-0.4, -0.2) is 25.6 Å². The third-order valence-corrected chi connectivity index (χ3v) is 1.92. The lowest BCUT2D eigenvalue weighted by molar-refractivity contribution is -0.884. The first-order chi connectivity index (χ1) is 6.03. The Morgan fingerprint density at radius 3 is 2.38 bits per heavy atom. The van der Waals surface area contributed by atoms with Crippen molar-refractivity contribution in [2.75, 3.05) is 21.1 Å². The zero-order valence-corrected chi connectivity index (χ0v) is 8.75. The van der Waals surface area contributed by atoms with Gasteiger partial charge in [0.25, 0.3) is 0 Å². The van der Waals surface area contributed by atoms with Crippen LogP contribution >= 0.6 is 0 Å². The van der Waals surface area contributed by atoms with Gasteiger partial charge in [-0.15, -0.1) is 0 Å². The van der Waals surface area contributed by atoms with Crippen LogP contribution in [0.3, 0.4) is 0 Å². The van der Waals surface area contributed by atoms with Crippen LogP contribution in [0.25, 0.3) is 6.08 Å². The Kier molecular flexibility index (Phi) is 2.89. The SMILES string of the molecule is C=Cc1ccccc1C[N+](C)(C)C. The molecule has 0 fully saturated rings. The highest BCUT2D eigenvalue weighted by molar-refractivity contribution is 5.51. The second-order valence-electron chi connectivity index (χ2n) is 4.35. The number of benzene rings is 1. The van der Waals surface area contributed by atoms with Crippen molar-refractivity contribution in [1.82, 2.24) is 0 Å². The lowest BCUT2D eigenvalue weighted by Gasteiger charge is -2.24. The first-order valence-electron chi connectivity index (χ1n) is 4.54. The number of hydrogen-bond acceptors (Lipinski definition) is 0. The fourth-order valence-electron chi connectivity index (χ4n) is 1.39. The highest BCUT2D eigenvalue weighted by atomic mass is 15.3. The zero-order chi connectivity index (χ0) is 9.90. The zero-order valence-electron chi connectivity index (χ0n) is 8.75. The molecule has 0 saturated heterocycles. The molecule has 1 aromatic rings. The lowest BCUT2D eigenvalue weighted by atomic mass is 10.1. The molecule has 1 heteroatoms. The third kappa shape index (κ3) is 3.03. The van der Waals surface area contributed by atoms with Crippen molar-refractivity contribution in [2.45, 2.75) is 6.54 Å². The van der Waals surface area contributed by atoms with Gasteiger partial charge in [-0.05, 0) is 5.56 Å². The van der Waals surface area contributed by atoms with Crippen LogP contribution < -0.4 is 0 Å². The predicted octanol–water partition coefficient (Wildman–Crippen LogP) is 2.54. The monoisotopic (exact) mass is 176 g/mol. The molecule has 0 N–H and O–H groups in total. The molecule has 13 heavy (non-hydrogen) atoms. The average Bonchev–Trinajstić information content (AvgIpc) is 2.02. The van der Waals surface area contributed by atoms with Crippen molar-refractivity contribution >= 4 is 6.08 Å². The molecule has 1 nitrogen and oxygen atoms in total. The van der Waals surface area contributed by atoms with Gasteiger partial charge in [-0.25, -0.2) is 0 Å². The van der Waals surface area contributed by atoms with Gasteiger partial charge in [-0.2, -0.15) is 0 Å². The smallest absolute Gasteiger partial charge is 0.104 e. The van der Waals surface area contributed by atoms with E-state index in [1.54, 1.807) is 0 Å². The number of nitrogens with zero attached hydrogens (tertiary/aromatic N) is 1. The fourth-order valence-corrected chi connectivity index (χ4v) is 1.39. The fraction of sp³-hybridized carbons (Fsp3) is 0.333. The minimum atomic E-state index is 0.949. The van der Waals surface area contributed by atoms with Gasteiger partial charge in [0.15, 0.2) is 0 Å². The van der Waals surface area contributed by atoms with Crippen LogP contribution in [-0.2, 0) is 6.54 Å². The van der Waals surface area contributed by atoms with E-state index in [4.69, 9.17) is 0 Å². The molecule has 0 aromatic heterocycles. The maximum atomic E-state index is 3.81. The summed E-state index contributed by atoms with van der Waals surface area (Å²) < 4.78 is 0.949. The summed E-state index contributed by atoms with van der Waals surface area (Å²) in [6.07, 6.45) is 1.92. The summed E-state index contributed by atoms with van der Waals surface area (Å²) in [5.41, 5.74) is 2.61. The topological polar surface area (TPSA) is 0 Å². The Labute approximate surface area is 80.9 Å². The van der Waals surface area contributed by atoms with Gasteiger partial charge in [-0.3, -0.25) is 0 Å². The van der Waals surface area contributed by atoms with E-state index in [-0.39, 0.29) is 0 Å². The molecule has 1 aromatic carbocycles. The minimum absolute atomic E-state index is 0.949. The molecular weight excluding hydrogens is 158 g/mol. The van der Waals surface area contributed by atoms with Gasteiger partial charge in [0.2, 0.25) is 0 Å². The van der Waals surface area contributed by atoms with E-state index in [0.29, 0.717) is 0 Å². The van der Waals surface area contributed by atoms with Crippen LogP contribution in [0.4, 0.5) is 0 Å². The van der Waals surface area contributed by atoms with Crippen LogP contribution in [0.15, 0.2) is 30.8 Å². The molecule has 70 valence electrons. The van der Waals surface area contributed by atoms with Crippen molar-refractivity contribution in [2.24, 2.45) is 0 Å². The molecule has 0 spiro atoms. The number of quaternary nitrogens is 1. The third-order valence-electron chi connectivity index (χ3n) is 1.92. The normalized spacial score (nSPS) is 11.3. The molecule has 0 aliphatic heterocycles. The molecule has 1 rings (SSSR count). The molecule has 0 saturated carbocycles. The van der Waals surface area contributed by atoms with E-state index in [0.717, 1.165) is 11.0 Å². The van der Waals surface area contributed by atoms with Gasteiger partial charge in [-0.1, -0.05) is 36.9 Å². The summed E-state index contributed by atoms with van der Waals surface area (Å²) in [7, 11) is 6.58. The Hall–Kier alpha value is -1.08. The molecule has 0 unspecified atom stereocenters. The molecule has 0 atom stereocenters. The van der Waals surface area contributed by atoms with Gasteiger partial charge in [0, 0.05) is 5.56 Å². The second kappa shape index (κ2) is 3.75. The summed E-state index contributed by atoms with van der Waals surface area (Å²) in [6.45, 7) is 4.86. The lowest BCUT2D eigenvalue weighted by Crippen LogP contribution is -2.33. The maximum absolute atomic E-state index is 3.81. The highest BCUT2D eigenvalue weighted by Crippen LogP contribution is 2.13. The highest BCUT2D eigenvalue weighted by Gasteiger charge is 2.09. The van der Waals surface area contributed by atoms with Crippen LogP contribution in [0.2, 0.25) is 0 Å². The summed E-state index contributed by atoms with van der Waals surface area (Å²) in [6, 6.07) is 8.41. The van der Waals surface area contributed by atoms with Crippen LogP contribution in [0, 0.1) is 0 Å². The summed E-state index contributed by atoms with van der Waals surface area (Å²) in [5.74, 6) is 0. The van der Waals surface area contributed by atoms with Gasteiger partial charge >= 0.3 is 0 Å². The molecule has 0 radical (unpaired) electrons. The number of rotatable bonds is 3. The first kappa shape index (κ1) is 10.0. The summed E-state index contributed by atoms with van der Waals surface area (Å²) >= 11 is 0. The Bertz CT molecular complexity index is 294. The van der Waals surface area contributed by atoms with E-state index in [1.165, 1.54) is 11.1 Å². The average molecular weight is 176 g/mol. The van der Waals surface area contributed by atoms with Crippen molar-refractivity contribution in [1.29, 1.82) is 0 Å². The predicted molar refractivity (Wildman–Crippen MR) is 58.3 cm³/mol. The van der Waals surface area contributed by atoms with Crippen molar-refractivity contribution in [3.05, 3.63) is 42.0 Å². The van der Waals surface area contributed by atoms with Crippen LogP contribution in [0.1, 0.15) is 11.1 Å². The van der Waals surface area contributed by atoms with Gasteiger partial charge < -0.3 is 4.48 Å². The minimum Gasteiger partial charge on any atom is -0.327 e. The van der Waals surface area contributed by atoms with E-state index >= 15 is 0 Å².